The third-order valence-electron chi connectivity index (χ3n) is 4.66. The standard InChI is InChI=1S/C13H10.C12H10O3/c1-3-7-12-10(5-1)9-11-6-2-4-8-13(11)12;13-9-5-1-3-7-11(9)15-12-8-4-2-6-10(12)14/h1-8H,9H2;1-8,13-14H. The van der Waals surface area contributed by atoms with E-state index in [-0.39, 0.29) is 11.5 Å². The quantitative estimate of drug-likeness (QED) is 0.393. The molecule has 1 aliphatic carbocycles. The molecule has 0 heterocycles. The Bertz CT molecular complexity index is 1010. The number of fused-ring (bicyclic) bond motifs is 3. The van der Waals surface area contributed by atoms with Gasteiger partial charge in [0.15, 0.2) is 23.0 Å². The second kappa shape index (κ2) is 7.89. The van der Waals surface area contributed by atoms with Crippen LogP contribution in [0.1, 0.15) is 11.1 Å². The van der Waals surface area contributed by atoms with Crippen LogP contribution in [0.4, 0.5) is 0 Å². The molecule has 0 spiro atoms. The first-order chi connectivity index (χ1) is 13.7. The number of benzene rings is 4. The van der Waals surface area contributed by atoms with Crippen LogP contribution in [0.5, 0.6) is 23.0 Å². The molecule has 28 heavy (non-hydrogen) atoms. The van der Waals surface area contributed by atoms with Crippen LogP contribution in [0, 0.1) is 0 Å². The van der Waals surface area contributed by atoms with E-state index in [0.29, 0.717) is 11.5 Å². The van der Waals surface area contributed by atoms with Gasteiger partial charge in [0.1, 0.15) is 0 Å². The summed E-state index contributed by atoms with van der Waals surface area (Å²) in [6.07, 6.45) is 1.10. The molecule has 138 valence electrons. The van der Waals surface area contributed by atoms with E-state index in [1.54, 1.807) is 36.4 Å². The Labute approximate surface area is 164 Å². The van der Waals surface area contributed by atoms with Gasteiger partial charge in [-0.15, -0.1) is 0 Å². The van der Waals surface area contributed by atoms with Gasteiger partial charge in [0, 0.05) is 0 Å². The highest BCUT2D eigenvalue weighted by Crippen LogP contribution is 2.36. The molecule has 2 N–H and O–H groups in total. The van der Waals surface area contributed by atoms with Gasteiger partial charge in [-0.1, -0.05) is 72.8 Å². The van der Waals surface area contributed by atoms with Crippen molar-refractivity contribution in [2.45, 2.75) is 6.42 Å². The number of hydrogen-bond donors (Lipinski definition) is 2. The van der Waals surface area contributed by atoms with Gasteiger partial charge in [0.05, 0.1) is 0 Å². The Kier molecular flexibility index (Phi) is 4.98. The zero-order valence-corrected chi connectivity index (χ0v) is 15.2. The number of phenols is 2. The van der Waals surface area contributed by atoms with Crippen LogP contribution in [0.15, 0.2) is 97.1 Å². The van der Waals surface area contributed by atoms with E-state index in [2.05, 4.69) is 48.5 Å². The van der Waals surface area contributed by atoms with Crippen molar-refractivity contribution in [2.75, 3.05) is 0 Å². The van der Waals surface area contributed by atoms with Crippen molar-refractivity contribution in [3.8, 4) is 34.1 Å². The highest BCUT2D eigenvalue weighted by atomic mass is 16.5. The monoisotopic (exact) mass is 368 g/mol. The summed E-state index contributed by atoms with van der Waals surface area (Å²) in [5, 5.41) is 18.9. The fraction of sp³-hybridized carbons (Fsp3) is 0.0400. The second-order valence-electron chi connectivity index (χ2n) is 6.53. The summed E-state index contributed by atoms with van der Waals surface area (Å²) in [5.74, 6) is 0.722. The Morgan fingerprint density at radius 2 is 0.893 bits per heavy atom. The molecule has 0 aromatic heterocycles. The van der Waals surface area contributed by atoms with Crippen LogP contribution < -0.4 is 4.74 Å². The number of ether oxygens (including phenoxy) is 1. The van der Waals surface area contributed by atoms with Crippen LogP contribution in [-0.4, -0.2) is 10.2 Å². The first-order valence-corrected chi connectivity index (χ1v) is 9.12. The topological polar surface area (TPSA) is 49.7 Å². The van der Waals surface area contributed by atoms with E-state index in [9.17, 15) is 10.2 Å². The molecule has 0 radical (unpaired) electrons. The molecule has 1 aliphatic rings. The maximum absolute atomic E-state index is 9.46. The molecule has 4 aromatic carbocycles. The molecular weight excluding hydrogens is 348 g/mol. The molecule has 0 amide bonds. The van der Waals surface area contributed by atoms with E-state index in [1.165, 1.54) is 34.4 Å². The molecule has 0 saturated carbocycles. The van der Waals surface area contributed by atoms with Crippen LogP contribution >= 0.6 is 0 Å². The molecule has 0 aliphatic heterocycles. The van der Waals surface area contributed by atoms with Crippen molar-refractivity contribution in [3.05, 3.63) is 108 Å². The minimum atomic E-state index is 0.0424. The number of aromatic hydroxyl groups is 2. The molecule has 3 heteroatoms. The van der Waals surface area contributed by atoms with Gasteiger partial charge in [0.2, 0.25) is 0 Å². The summed E-state index contributed by atoms with van der Waals surface area (Å²) in [6.45, 7) is 0. The third kappa shape index (κ3) is 3.69. The molecule has 0 bridgehead atoms. The van der Waals surface area contributed by atoms with E-state index in [0.717, 1.165) is 6.42 Å². The van der Waals surface area contributed by atoms with Crippen molar-refractivity contribution < 1.29 is 14.9 Å². The number of para-hydroxylation sites is 4. The second-order valence-corrected chi connectivity index (χ2v) is 6.53. The van der Waals surface area contributed by atoms with Gasteiger partial charge >= 0.3 is 0 Å². The molecule has 4 aromatic rings. The summed E-state index contributed by atoms with van der Waals surface area (Å²) in [5.41, 5.74) is 5.75. The molecule has 5 rings (SSSR count). The van der Waals surface area contributed by atoms with Crippen LogP contribution in [0.2, 0.25) is 0 Å². The zero-order valence-electron chi connectivity index (χ0n) is 15.2. The number of hydrogen-bond acceptors (Lipinski definition) is 3. The summed E-state index contributed by atoms with van der Waals surface area (Å²) in [4.78, 5) is 0. The van der Waals surface area contributed by atoms with Crippen LogP contribution in [-0.2, 0) is 6.42 Å². The van der Waals surface area contributed by atoms with Gasteiger partial charge in [-0.2, -0.15) is 0 Å². The molecule has 3 nitrogen and oxygen atoms in total. The minimum absolute atomic E-state index is 0.0424. The van der Waals surface area contributed by atoms with Crippen LogP contribution in [0.25, 0.3) is 11.1 Å². The lowest BCUT2D eigenvalue weighted by Crippen LogP contribution is -1.84. The summed E-state index contributed by atoms with van der Waals surface area (Å²) < 4.78 is 5.34. The first-order valence-electron chi connectivity index (χ1n) is 9.12. The largest absolute Gasteiger partial charge is 0.504 e. The summed E-state index contributed by atoms with van der Waals surface area (Å²) in [7, 11) is 0. The summed E-state index contributed by atoms with van der Waals surface area (Å²) in [6, 6.07) is 30.5. The molecular formula is C25H20O3. The fourth-order valence-electron chi connectivity index (χ4n) is 3.29. The van der Waals surface area contributed by atoms with Gasteiger partial charge in [-0.25, -0.2) is 0 Å². The Morgan fingerprint density at radius 1 is 0.500 bits per heavy atom. The van der Waals surface area contributed by atoms with Gasteiger partial charge < -0.3 is 14.9 Å². The lowest BCUT2D eigenvalue weighted by molar-refractivity contribution is 0.385. The maximum Gasteiger partial charge on any atom is 0.169 e. The van der Waals surface area contributed by atoms with Gasteiger partial charge in [-0.05, 0) is 52.9 Å². The predicted octanol–water partition coefficient (Wildman–Crippen LogP) is 6.15. The van der Waals surface area contributed by atoms with Crippen molar-refractivity contribution in [2.24, 2.45) is 0 Å². The van der Waals surface area contributed by atoms with Crippen molar-refractivity contribution in [1.82, 2.24) is 0 Å². The van der Waals surface area contributed by atoms with Crippen molar-refractivity contribution in [1.29, 1.82) is 0 Å². The Hall–Kier alpha value is -3.72. The first kappa shape index (κ1) is 17.7. The average Bonchev–Trinajstić information content (AvgIpc) is 3.11. The van der Waals surface area contributed by atoms with Gasteiger partial charge in [0.25, 0.3) is 0 Å². The van der Waals surface area contributed by atoms with Crippen molar-refractivity contribution >= 4 is 0 Å². The Morgan fingerprint density at radius 3 is 1.36 bits per heavy atom. The Balaban J connectivity index is 0.000000138. The highest BCUT2D eigenvalue weighted by Gasteiger charge is 2.15. The van der Waals surface area contributed by atoms with E-state index in [1.807, 2.05) is 0 Å². The predicted molar refractivity (Wildman–Crippen MR) is 111 cm³/mol. The third-order valence-corrected chi connectivity index (χ3v) is 4.66. The number of phenolic OH excluding ortho intramolecular Hbond substituents is 2. The smallest absolute Gasteiger partial charge is 0.169 e. The maximum atomic E-state index is 9.46. The van der Waals surface area contributed by atoms with E-state index >= 15 is 0 Å². The lowest BCUT2D eigenvalue weighted by atomic mass is 10.1. The summed E-state index contributed by atoms with van der Waals surface area (Å²) >= 11 is 0. The van der Waals surface area contributed by atoms with Crippen LogP contribution in [0.3, 0.4) is 0 Å². The minimum Gasteiger partial charge on any atom is -0.504 e. The van der Waals surface area contributed by atoms with Gasteiger partial charge in [-0.3, -0.25) is 0 Å². The molecule has 0 saturated heterocycles. The van der Waals surface area contributed by atoms with Crippen molar-refractivity contribution in [3.63, 3.8) is 0 Å². The fourth-order valence-corrected chi connectivity index (χ4v) is 3.29. The number of rotatable bonds is 2. The molecule has 0 unspecified atom stereocenters. The molecule has 0 fully saturated rings. The highest BCUT2D eigenvalue weighted by molar-refractivity contribution is 5.76. The SMILES string of the molecule is Oc1ccccc1Oc1ccccc1O.c1ccc2c(c1)Cc1ccccc1-2. The normalized spacial score (nSPS) is 11.0. The van der Waals surface area contributed by atoms with E-state index in [4.69, 9.17) is 4.74 Å². The van der Waals surface area contributed by atoms with E-state index < -0.39 is 0 Å². The lowest BCUT2D eigenvalue weighted by Gasteiger charge is -2.08. The average molecular weight is 368 g/mol. The zero-order chi connectivity index (χ0) is 19.3. The molecule has 0 atom stereocenters.